The van der Waals surface area contributed by atoms with Crippen LogP contribution in [0.25, 0.3) is 0 Å². The standard InChI is InChI=1S/C57H112O12S/c1-3-5-7-9-11-13-15-17-19-21-23-25-26-28-30-32-34-36-38-40-42-44-46-53(59)67-51(50-66-57-55(61)56(69-70(62,63)64)54(60)52(48-58)68-57)49-65-47-45-43-41-39-37-35-33-31-29-27-24-22-20-18-16-14-12-10-8-6-4-2/h51-52,54-58,60-61H,3-50H2,1-2H3,(H,62,63,64). The van der Waals surface area contributed by atoms with Gasteiger partial charge in [-0.05, 0) is 12.8 Å². The average molecular weight is 1020 g/mol. The first-order valence-electron chi connectivity index (χ1n) is 29.8. The summed E-state index contributed by atoms with van der Waals surface area (Å²) in [5, 5.41) is 30.8. The van der Waals surface area contributed by atoms with Gasteiger partial charge in [-0.15, -0.1) is 0 Å². The monoisotopic (exact) mass is 1020 g/mol. The molecule has 1 fully saturated rings. The lowest BCUT2D eigenvalue weighted by atomic mass is 9.99. The van der Waals surface area contributed by atoms with Crippen LogP contribution in [-0.4, -0.2) is 97.5 Å². The molecule has 12 nitrogen and oxygen atoms in total. The SMILES string of the molecule is CCCCCCCCCCCCCCCCCCCCCCCCC(=O)OC(COCCCCCCCCCCCCCCCCCCCCCCC)COC1OC(CO)C(O)C(OS(=O)(=O)O)C1O. The molecular weight excluding hydrogens is 909 g/mol. The summed E-state index contributed by atoms with van der Waals surface area (Å²) in [6, 6.07) is 0. The van der Waals surface area contributed by atoms with Gasteiger partial charge in [-0.2, -0.15) is 8.42 Å². The Bertz CT molecular complexity index is 1220. The average Bonchev–Trinajstić information content (AvgIpc) is 3.34. The summed E-state index contributed by atoms with van der Waals surface area (Å²) in [6.07, 6.45) is 47.2. The van der Waals surface area contributed by atoms with Gasteiger partial charge in [0.05, 0.1) is 19.8 Å². The maximum atomic E-state index is 13.0. The number of hydrogen-bond donors (Lipinski definition) is 4. The highest BCUT2D eigenvalue weighted by Crippen LogP contribution is 2.26. The molecule has 0 aliphatic carbocycles. The number of unbranched alkanes of at least 4 members (excludes halogenated alkanes) is 41. The van der Waals surface area contributed by atoms with Gasteiger partial charge >= 0.3 is 16.4 Å². The molecule has 0 amide bonds. The number of ether oxygens (including phenoxy) is 4. The predicted molar refractivity (Wildman–Crippen MR) is 285 cm³/mol. The molecular formula is C57H112O12S. The van der Waals surface area contributed by atoms with Crippen molar-refractivity contribution >= 4 is 16.4 Å². The minimum absolute atomic E-state index is 0.0457. The zero-order valence-electron chi connectivity index (χ0n) is 45.4. The van der Waals surface area contributed by atoms with Crippen LogP contribution < -0.4 is 0 Å². The van der Waals surface area contributed by atoms with Crippen LogP contribution in [0, 0.1) is 0 Å². The molecule has 6 atom stereocenters. The van der Waals surface area contributed by atoms with E-state index in [1.165, 1.54) is 231 Å². The van der Waals surface area contributed by atoms with E-state index >= 15 is 0 Å². The van der Waals surface area contributed by atoms with E-state index in [0.717, 1.165) is 38.5 Å². The van der Waals surface area contributed by atoms with Crippen molar-refractivity contribution in [1.82, 2.24) is 0 Å². The molecule has 0 saturated carbocycles. The lowest BCUT2D eigenvalue weighted by Crippen LogP contribution is -2.60. The van der Waals surface area contributed by atoms with E-state index in [9.17, 15) is 33.1 Å². The Balaban J connectivity index is 2.26. The number of hydrogen-bond acceptors (Lipinski definition) is 11. The minimum Gasteiger partial charge on any atom is -0.457 e. The maximum absolute atomic E-state index is 13.0. The molecule has 13 heteroatoms. The highest BCUT2D eigenvalue weighted by atomic mass is 32.3. The predicted octanol–water partition coefficient (Wildman–Crippen LogP) is 14.8. The molecule has 418 valence electrons. The maximum Gasteiger partial charge on any atom is 0.397 e. The van der Waals surface area contributed by atoms with Gasteiger partial charge in [-0.25, -0.2) is 4.18 Å². The van der Waals surface area contributed by atoms with Gasteiger partial charge in [-0.3, -0.25) is 9.35 Å². The summed E-state index contributed by atoms with van der Waals surface area (Å²) in [6.45, 7) is 4.08. The van der Waals surface area contributed by atoms with Crippen molar-refractivity contribution in [3.8, 4) is 0 Å². The molecule has 70 heavy (non-hydrogen) atoms. The molecule has 0 aromatic carbocycles. The first kappa shape index (κ1) is 67.1. The van der Waals surface area contributed by atoms with E-state index in [1.807, 2.05) is 0 Å². The molecule has 1 aliphatic rings. The number of esters is 1. The summed E-state index contributed by atoms with van der Waals surface area (Å²) in [4.78, 5) is 13.0. The summed E-state index contributed by atoms with van der Waals surface area (Å²) in [5.41, 5.74) is 0. The number of aliphatic hydroxyl groups is 3. The van der Waals surface area contributed by atoms with Crippen LogP contribution in [0.15, 0.2) is 0 Å². The molecule has 4 N–H and O–H groups in total. The third-order valence-corrected chi connectivity index (χ3v) is 14.7. The van der Waals surface area contributed by atoms with E-state index in [0.29, 0.717) is 13.0 Å². The first-order valence-corrected chi connectivity index (χ1v) is 31.2. The largest absolute Gasteiger partial charge is 0.457 e. The molecule has 1 rings (SSSR count). The topological polar surface area (TPSA) is 178 Å². The smallest absolute Gasteiger partial charge is 0.397 e. The molecule has 0 radical (unpaired) electrons. The lowest BCUT2D eigenvalue weighted by molar-refractivity contribution is -0.301. The Morgan fingerprint density at radius 3 is 1.14 bits per heavy atom. The van der Waals surface area contributed by atoms with Gasteiger partial charge in [0.1, 0.15) is 30.5 Å². The molecule has 0 spiro atoms. The van der Waals surface area contributed by atoms with E-state index in [4.69, 9.17) is 18.9 Å². The zero-order chi connectivity index (χ0) is 51.0. The van der Waals surface area contributed by atoms with Crippen LogP contribution in [0.1, 0.15) is 296 Å². The fourth-order valence-electron chi connectivity index (χ4n) is 9.74. The Morgan fingerprint density at radius 1 is 0.486 bits per heavy atom. The van der Waals surface area contributed by atoms with Crippen LogP contribution in [-0.2, 0) is 38.3 Å². The van der Waals surface area contributed by atoms with Gasteiger partial charge in [0.25, 0.3) is 0 Å². The summed E-state index contributed by atoms with van der Waals surface area (Å²) in [7, 11) is -5.06. The fourth-order valence-corrected chi connectivity index (χ4v) is 10.2. The molecule has 1 saturated heterocycles. The van der Waals surface area contributed by atoms with E-state index in [-0.39, 0.29) is 25.6 Å². The highest BCUT2D eigenvalue weighted by Gasteiger charge is 2.48. The quantitative estimate of drug-likeness (QED) is 0.0258. The molecule has 6 unspecified atom stereocenters. The number of carbonyl (C=O) groups excluding carboxylic acids is 1. The van der Waals surface area contributed by atoms with Crippen LogP contribution in [0.4, 0.5) is 0 Å². The molecule has 1 aliphatic heterocycles. The van der Waals surface area contributed by atoms with Crippen LogP contribution in [0.3, 0.4) is 0 Å². The van der Waals surface area contributed by atoms with Crippen molar-refractivity contribution < 1.29 is 56.2 Å². The third-order valence-electron chi connectivity index (χ3n) is 14.2. The molecule has 1 heterocycles. The third kappa shape index (κ3) is 41.5. The first-order chi connectivity index (χ1) is 34.1. The van der Waals surface area contributed by atoms with Crippen LogP contribution in [0.5, 0.6) is 0 Å². The van der Waals surface area contributed by atoms with Gasteiger partial charge in [0.2, 0.25) is 0 Å². The van der Waals surface area contributed by atoms with Gasteiger partial charge in [0.15, 0.2) is 6.29 Å². The van der Waals surface area contributed by atoms with Crippen molar-refractivity contribution in [3.63, 3.8) is 0 Å². The fraction of sp³-hybridized carbons (Fsp3) is 0.982. The summed E-state index contributed by atoms with van der Waals surface area (Å²) in [5.74, 6) is -0.388. The van der Waals surface area contributed by atoms with E-state index in [2.05, 4.69) is 18.0 Å². The van der Waals surface area contributed by atoms with Crippen LogP contribution in [0.2, 0.25) is 0 Å². The molecule has 0 aromatic heterocycles. The van der Waals surface area contributed by atoms with Crippen molar-refractivity contribution in [2.75, 3.05) is 26.4 Å². The highest BCUT2D eigenvalue weighted by molar-refractivity contribution is 7.80. The molecule has 0 aromatic rings. The number of rotatable bonds is 54. The normalized spacial score (nSPS) is 19.0. The van der Waals surface area contributed by atoms with E-state index in [1.54, 1.807) is 0 Å². The van der Waals surface area contributed by atoms with Gasteiger partial charge < -0.3 is 34.3 Å². The minimum atomic E-state index is -5.06. The van der Waals surface area contributed by atoms with Gasteiger partial charge in [0, 0.05) is 13.0 Å². The Kier molecular flexibility index (Phi) is 47.0. The molecule has 0 bridgehead atoms. The van der Waals surface area contributed by atoms with Crippen LogP contribution >= 0.6 is 0 Å². The Hall–Kier alpha value is -0.900. The van der Waals surface area contributed by atoms with Crippen molar-refractivity contribution in [2.45, 2.75) is 333 Å². The van der Waals surface area contributed by atoms with E-state index < -0.39 is 53.8 Å². The second-order valence-electron chi connectivity index (χ2n) is 21.0. The van der Waals surface area contributed by atoms with Crippen molar-refractivity contribution in [3.05, 3.63) is 0 Å². The Morgan fingerprint density at radius 2 is 0.814 bits per heavy atom. The zero-order valence-corrected chi connectivity index (χ0v) is 46.2. The summed E-state index contributed by atoms with van der Waals surface area (Å²) >= 11 is 0. The number of aliphatic hydroxyl groups excluding tert-OH is 3. The van der Waals surface area contributed by atoms with Crippen molar-refractivity contribution in [1.29, 1.82) is 0 Å². The van der Waals surface area contributed by atoms with Crippen molar-refractivity contribution in [2.24, 2.45) is 0 Å². The second kappa shape index (κ2) is 49.0. The summed E-state index contributed by atoms with van der Waals surface area (Å²) < 4.78 is 59.5. The number of carbonyl (C=O) groups is 1. The lowest BCUT2D eigenvalue weighted by Gasteiger charge is -2.41. The Labute approximate surface area is 430 Å². The second-order valence-corrected chi connectivity index (χ2v) is 22.0. The van der Waals surface area contributed by atoms with Gasteiger partial charge in [-0.1, -0.05) is 277 Å².